The molecule has 0 amide bonds. The molecule has 1 saturated heterocycles. The van der Waals surface area contributed by atoms with Gasteiger partial charge in [-0.15, -0.1) is 0 Å². The first-order chi connectivity index (χ1) is 9.60. The van der Waals surface area contributed by atoms with Crippen molar-refractivity contribution in [3.63, 3.8) is 0 Å². The highest BCUT2D eigenvalue weighted by Crippen LogP contribution is 2.21. The molecule has 114 valence electrons. The molecular formula is C14H25N3O3. The first kappa shape index (κ1) is 15.4. The Morgan fingerprint density at radius 3 is 3.00 bits per heavy atom. The zero-order valence-electron chi connectivity index (χ0n) is 12.6. The number of ether oxygens (including phenoxy) is 1. The van der Waals surface area contributed by atoms with Gasteiger partial charge in [0.15, 0.2) is 5.82 Å². The molecule has 2 rings (SSSR count). The third-order valence-electron chi connectivity index (χ3n) is 3.85. The molecule has 1 aromatic rings. The Labute approximate surface area is 120 Å². The Hall–Kier alpha value is -0.980. The molecule has 0 aliphatic carbocycles. The second kappa shape index (κ2) is 7.15. The molecule has 3 atom stereocenters. The molecule has 2 heterocycles. The van der Waals surface area contributed by atoms with Gasteiger partial charge in [-0.3, -0.25) is 4.90 Å². The predicted octanol–water partition coefficient (Wildman–Crippen LogP) is 1.76. The van der Waals surface area contributed by atoms with Crippen LogP contribution in [-0.4, -0.2) is 45.9 Å². The van der Waals surface area contributed by atoms with E-state index in [9.17, 15) is 5.11 Å². The quantitative estimate of drug-likeness (QED) is 0.857. The Bertz CT molecular complexity index is 408. The average Bonchev–Trinajstić information content (AvgIpc) is 2.88. The molecule has 0 radical (unpaired) electrons. The molecule has 1 aliphatic heterocycles. The van der Waals surface area contributed by atoms with Crippen LogP contribution in [0.5, 0.6) is 0 Å². The van der Waals surface area contributed by atoms with Crippen molar-refractivity contribution < 1.29 is 14.4 Å². The molecule has 6 heteroatoms. The van der Waals surface area contributed by atoms with Gasteiger partial charge in [-0.2, -0.15) is 4.98 Å². The topological polar surface area (TPSA) is 71.6 Å². The van der Waals surface area contributed by atoms with E-state index in [1.165, 1.54) is 0 Å². The van der Waals surface area contributed by atoms with Crippen molar-refractivity contribution in [2.75, 3.05) is 19.7 Å². The third-order valence-corrected chi connectivity index (χ3v) is 3.85. The molecule has 6 nitrogen and oxygen atoms in total. The van der Waals surface area contributed by atoms with Crippen LogP contribution in [0.3, 0.4) is 0 Å². The highest BCUT2D eigenvalue weighted by molar-refractivity contribution is 4.90. The van der Waals surface area contributed by atoms with Crippen LogP contribution in [0, 0.1) is 5.92 Å². The smallest absolute Gasteiger partial charge is 0.240 e. The van der Waals surface area contributed by atoms with E-state index in [4.69, 9.17) is 9.26 Å². The van der Waals surface area contributed by atoms with Gasteiger partial charge in [0, 0.05) is 13.2 Å². The van der Waals surface area contributed by atoms with Crippen LogP contribution < -0.4 is 0 Å². The monoisotopic (exact) mass is 283 g/mol. The predicted molar refractivity (Wildman–Crippen MR) is 74.0 cm³/mol. The summed E-state index contributed by atoms with van der Waals surface area (Å²) in [4.78, 5) is 6.65. The lowest BCUT2D eigenvalue weighted by molar-refractivity contribution is 0.0556. The van der Waals surface area contributed by atoms with Gasteiger partial charge >= 0.3 is 0 Å². The summed E-state index contributed by atoms with van der Waals surface area (Å²) >= 11 is 0. The summed E-state index contributed by atoms with van der Waals surface area (Å²) in [5, 5.41) is 13.7. The SMILES string of the molecule is CCOC(C)c1noc(CN2CCCC(C(C)O)C2)n1. The van der Waals surface area contributed by atoms with Crippen LogP contribution in [0.15, 0.2) is 4.52 Å². The van der Waals surface area contributed by atoms with Crippen molar-refractivity contribution >= 4 is 0 Å². The number of hydrogen-bond acceptors (Lipinski definition) is 6. The Kier molecular flexibility index (Phi) is 5.51. The largest absolute Gasteiger partial charge is 0.393 e. The van der Waals surface area contributed by atoms with Gasteiger partial charge < -0.3 is 14.4 Å². The fraction of sp³-hybridized carbons (Fsp3) is 0.857. The van der Waals surface area contributed by atoms with Crippen molar-refractivity contribution in [1.82, 2.24) is 15.0 Å². The van der Waals surface area contributed by atoms with Crippen molar-refractivity contribution in [2.24, 2.45) is 5.92 Å². The maximum Gasteiger partial charge on any atom is 0.240 e. The molecule has 1 N–H and O–H groups in total. The first-order valence-electron chi connectivity index (χ1n) is 7.44. The standard InChI is InChI=1S/C14H25N3O3/c1-4-19-11(3)14-15-13(20-16-14)9-17-7-5-6-12(8-17)10(2)18/h10-12,18H,4-9H2,1-3H3. The molecule has 3 unspecified atom stereocenters. The molecule has 0 saturated carbocycles. The van der Waals surface area contributed by atoms with Crippen LogP contribution in [0.25, 0.3) is 0 Å². The zero-order valence-corrected chi connectivity index (χ0v) is 12.6. The number of likely N-dealkylation sites (tertiary alicyclic amines) is 1. The highest BCUT2D eigenvalue weighted by atomic mass is 16.5. The third kappa shape index (κ3) is 4.01. The Morgan fingerprint density at radius 2 is 2.30 bits per heavy atom. The van der Waals surface area contributed by atoms with Crippen LogP contribution in [-0.2, 0) is 11.3 Å². The maximum atomic E-state index is 9.70. The molecule has 20 heavy (non-hydrogen) atoms. The molecule has 1 fully saturated rings. The van der Waals surface area contributed by atoms with Crippen LogP contribution in [0.2, 0.25) is 0 Å². The summed E-state index contributed by atoms with van der Waals surface area (Å²) in [6.07, 6.45) is 1.80. The number of rotatable bonds is 6. The lowest BCUT2D eigenvalue weighted by atomic mass is 9.93. The van der Waals surface area contributed by atoms with Gasteiger partial charge in [0.05, 0.1) is 12.6 Å². The van der Waals surface area contributed by atoms with Crippen molar-refractivity contribution in [3.8, 4) is 0 Å². The molecule has 0 bridgehead atoms. The minimum absolute atomic E-state index is 0.135. The molecular weight excluding hydrogens is 258 g/mol. The van der Waals surface area contributed by atoms with Crippen molar-refractivity contribution in [1.29, 1.82) is 0 Å². The second-order valence-corrected chi connectivity index (χ2v) is 5.52. The number of nitrogens with zero attached hydrogens (tertiary/aromatic N) is 3. The number of hydrogen-bond donors (Lipinski definition) is 1. The number of aromatic nitrogens is 2. The number of aliphatic hydroxyl groups excluding tert-OH is 1. The van der Waals surface area contributed by atoms with Crippen molar-refractivity contribution in [2.45, 2.75) is 52.4 Å². The van der Waals surface area contributed by atoms with E-state index < -0.39 is 0 Å². The van der Waals surface area contributed by atoms with E-state index in [1.807, 2.05) is 20.8 Å². The lowest BCUT2D eigenvalue weighted by Crippen LogP contribution is -2.39. The Morgan fingerprint density at radius 1 is 1.50 bits per heavy atom. The zero-order chi connectivity index (χ0) is 14.5. The number of aliphatic hydroxyl groups is 1. The summed E-state index contributed by atoms with van der Waals surface area (Å²) in [7, 11) is 0. The lowest BCUT2D eigenvalue weighted by Gasteiger charge is -2.33. The van der Waals surface area contributed by atoms with E-state index >= 15 is 0 Å². The molecule has 0 spiro atoms. The fourth-order valence-electron chi connectivity index (χ4n) is 2.64. The van der Waals surface area contributed by atoms with E-state index in [0.717, 1.165) is 25.9 Å². The summed E-state index contributed by atoms with van der Waals surface area (Å²) in [6, 6.07) is 0. The summed E-state index contributed by atoms with van der Waals surface area (Å²) in [6.45, 7) is 8.91. The van der Waals surface area contributed by atoms with E-state index in [1.54, 1.807) is 0 Å². The van der Waals surface area contributed by atoms with Crippen LogP contribution >= 0.6 is 0 Å². The number of piperidine rings is 1. The fourth-order valence-corrected chi connectivity index (χ4v) is 2.64. The van der Waals surface area contributed by atoms with E-state index in [0.29, 0.717) is 30.8 Å². The van der Waals surface area contributed by atoms with Gasteiger partial charge in [-0.05, 0) is 46.1 Å². The summed E-state index contributed by atoms with van der Waals surface area (Å²) in [5.41, 5.74) is 0. The molecule has 0 aromatic carbocycles. The van der Waals surface area contributed by atoms with E-state index in [-0.39, 0.29) is 12.2 Å². The first-order valence-corrected chi connectivity index (χ1v) is 7.44. The maximum absolute atomic E-state index is 9.70. The van der Waals surface area contributed by atoms with Crippen molar-refractivity contribution in [3.05, 3.63) is 11.7 Å². The normalized spacial score (nSPS) is 23.7. The average molecular weight is 283 g/mol. The molecule has 1 aliphatic rings. The minimum atomic E-state index is -0.256. The van der Waals surface area contributed by atoms with Gasteiger partial charge in [-0.1, -0.05) is 5.16 Å². The summed E-state index contributed by atoms with van der Waals surface area (Å²) < 4.78 is 10.7. The van der Waals surface area contributed by atoms with Crippen LogP contribution in [0.1, 0.15) is 51.4 Å². The van der Waals surface area contributed by atoms with Gasteiger partial charge in [-0.25, -0.2) is 0 Å². The van der Waals surface area contributed by atoms with Crippen LogP contribution in [0.4, 0.5) is 0 Å². The molecule has 1 aromatic heterocycles. The van der Waals surface area contributed by atoms with Gasteiger partial charge in [0.25, 0.3) is 0 Å². The Balaban J connectivity index is 1.90. The van der Waals surface area contributed by atoms with Gasteiger partial charge in [0.2, 0.25) is 5.89 Å². The minimum Gasteiger partial charge on any atom is -0.393 e. The summed E-state index contributed by atoms with van der Waals surface area (Å²) in [5.74, 6) is 1.57. The second-order valence-electron chi connectivity index (χ2n) is 5.52. The van der Waals surface area contributed by atoms with E-state index in [2.05, 4.69) is 15.0 Å². The highest BCUT2D eigenvalue weighted by Gasteiger charge is 2.25. The van der Waals surface area contributed by atoms with Gasteiger partial charge in [0.1, 0.15) is 6.10 Å².